The van der Waals surface area contributed by atoms with E-state index in [1.807, 2.05) is 0 Å². The zero-order chi connectivity index (χ0) is 24.6. The van der Waals surface area contributed by atoms with Crippen LogP contribution in [-0.4, -0.2) is 36.8 Å². The molecule has 1 fully saturated rings. The summed E-state index contributed by atoms with van der Waals surface area (Å²) in [4.78, 5) is 25.4. The van der Waals surface area contributed by atoms with E-state index in [4.69, 9.17) is 0 Å². The van der Waals surface area contributed by atoms with Crippen LogP contribution < -0.4 is 5.32 Å². The number of aromatic nitrogens is 5. The number of carbonyl (C=O) groups is 1. The Morgan fingerprint density at radius 1 is 1.06 bits per heavy atom. The number of pyridine rings is 1. The van der Waals surface area contributed by atoms with Crippen LogP contribution in [0.15, 0.2) is 67.3 Å². The van der Waals surface area contributed by atoms with Crippen molar-refractivity contribution in [2.24, 2.45) is 0 Å². The summed E-state index contributed by atoms with van der Waals surface area (Å²) in [6, 6.07) is 8.03. The van der Waals surface area contributed by atoms with Gasteiger partial charge in [0.1, 0.15) is 5.82 Å². The number of alkyl halides is 3. The molecule has 0 aliphatic heterocycles. The fourth-order valence-corrected chi connectivity index (χ4v) is 3.82. The van der Waals surface area contributed by atoms with Gasteiger partial charge in [-0.3, -0.25) is 9.78 Å². The molecule has 1 amide bonds. The Morgan fingerprint density at radius 3 is 2.54 bits per heavy atom. The summed E-state index contributed by atoms with van der Waals surface area (Å²) >= 11 is 0. The lowest BCUT2D eigenvalue weighted by molar-refractivity contribution is -0.155. The summed E-state index contributed by atoms with van der Waals surface area (Å²) in [5.74, 6) is -1.38. The molecule has 35 heavy (non-hydrogen) atoms. The van der Waals surface area contributed by atoms with Crippen molar-refractivity contribution in [3.05, 3.63) is 89.9 Å². The molecule has 4 aromatic rings. The molecule has 0 unspecified atom stereocenters. The highest BCUT2D eigenvalue weighted by Gasteiger charge is 2.43. The molecular formula is C24H18F4N6O. The molecular weight excluding hydrogens is 464 g/mol. The Bertz CT molecular complexity index is 1370. The van der Waals surface area contributed by atoms with Crippen LogP contribution in [0.4, 0.5) is 17.6 Å². The first-order valence-corrected chi connectivity index (χ1v) is 10.8. The van der Waals surface area contributed by atoms with E-state index in [-0.39, 0.29) is 28.6 Å². The summed E-state index contributed by atoms with van der Waals surface area (Å²) in [6.07, 6.45) is 1.80. The van der Waals surface area contributed by atoms with Crippen molar-refractivity contribution in [2.45, 2.75) is 31.0 Å². The monoisotopic (exact) mass is 482 g/mol. The molecule has 0 spiro atoms. The van der Waals surface area contributed by atoms with Crippen LogP contribution >= 0.6 is 0 Å². The van der Waals surface area contributed by atoms with Crippen molar-refractivity contribution in [3.63, 3.8) is 0 Å². The van der Waals surface area contributed by atoms with Crippen molar-refractivity contribution in [1.29, 1.82) is 0 Å². The van der Waals surface area contributed by atoms with Gasteiger partial charge in [-0.05, 0) is 37.1 Å². The summed E-state index contributed by atoms with van der Waals surface area (Å²) in [5.41, 5.74) is 0.810. The van der Waals surface area contributed by atoms with Crippen molar-refractivity contribution < 1.29 is 22.4 Å². The van der Waals surface area contributed by atoms with Gasteiger partial charge in [-0.25, -0.2) is 19.0 Å². The minimum absolute atomic E-state index is 0.00513. The van der Waals surface area contributed by atoms with E-state index in [1.54, 1.807) is 18.2 Å². The maximum absolute atomic E-state index is 14.3. The molecule has 1 saturated carbocycles. The predicted octanol–water partition coefficient (Wildman–Crippen LogP) is 4.77. The largest absolute Gasteiger partial charge is 0.412 e. The zero-order valence-corrected chi connectivity index (χ0v) is 18.1. The number of nitrogens with one attached hydrogen (secondary N) is 1. The topological polar surface area (TPSA) is 85.6 Å². The van der Waals surface area contributed by atoms with Crippen LogP contribution in [0.2, 0.25) is 0 Å². The Balaban J connectivity index is 1.50. The van der Waals surface area contributed by atoms with Gasteiger partial charge in [0.2, 0.25) is 0 Å². The lowest BCUT2D eigenvalue weighted by Gasteiger charge is -2.21. The molecule has 0 bridgehead atoms. The van der Waals surface area contributed by atoms with Gasteiger partial charge >= 0.3 is 6.18 Å². The normalized spacial score (nSPS) is 14.5. The van der Waals surface area contributed by atoms with Crippen molar-refractivity contribution in [3.8, 4) is 17.2 Å². The molecule has 1 atom stereocenters. The molecule has 11 heteroatoms. The molecule has 3 aromatic heterocycles. The number of carbonyl (C=O) groups excluding carboxylic acids is 1. The Morgan fingerprint density at radius 2 is 1.86 bits per heavy atom. The predicted molar refractivity (Wildman–Crippen MR) is 117 cm³/mol. The molecule has 1 aliphatic carbocycles. The van der Waals surface area contributed by atoms with Crippen LogP contribution in [0, 0.1) is 5.82 Å². The maximum atomic E-state index is 14.3. The quantitative estimate of drug-likeness (QED) is 0.400. The van der Waals surface area contributed by atoms with Gasteiger partial charge in [-0.2, -0.15) is 18.3 Å². The SMILES string of the molecule is O=C(N[C@H](c1cccnc1)C(F)(F)F)c1cnn(-c2nccc(-c3ccccc3F)n2)c1C1CC1. The van der Waals surface area contributed by atoms with Crippen molar-refractivity contribution in [1.82, 2.24) is 30.0 Å². The third-order valence-corrected chi connectivity index (χ3v) is 5.62. The number of benzene rings is 1. The summed E-state index contributed by atoms with van der Waals surface area (Å²) < 4.78 is 56.8. The Kier molecular flexibility index (Phi) is 5.75. The number of hydrogen-bond acceptors (Lipinski definition) is 5. The Labute approximate surface area is 196 Å². The fourth-order valence-electron chi connectivity index (χ4n) is 3.82. The van der Waals surface area contributed by atoms with E-state index in [0.29, 0.717) is 11.4 Å². The van der Waals surface area contributed by atoms with Gasteiger partial charge in [0, 0.05) is 35.6 Å². The molecule has 1 aromatic carbocycles. The third kappa shape index (κ3) is 4.61. The lowest BCUT2D eigenvalue weighted by atomic mass is 10.1. The van der Waals surface area contributed by atoms with Gasteiger partial charge in [0.15, 0.2) is 6.04 Å². The summed E-state index contributed by atoms with van der Waals surface area (Å²) in [7, 11) is 0. The van der Waals surface area contributed by atoms with Crippen molar-refractivity contribution >= 4 is 5.91 Å². The molecule has 1 aliphatic rings. The third-order valence-electron chi connectivity index (χ3n) is 5.62. The second-order valence-electron chi connectivity index (χ2n) is 8.09. The standard InChI is InChI=1S/C24H18F4N6O/c25-18-6-2-1-5-16(18)19-9-11-30-23(32-19)34-20(14-7-8-14)17(13-31-34)22(35)33-21(24(26,27)28)15-4-3-10-29-12-15/h1-6,9-14,21H,7-8H2,(H,33,35)/t21-/m1/s1. The number of rotatable bonds is 6. The number of hydrogen-bond donors (Lipinski definition) is 1. The first kappa shape index (κ1) is 22.6. The van der Waals surface area contributed by atoms with Crippen LogP contribution in [0.5, 0.6) is 0 Å². The molecule has 0 saturated heterocycles. The van der Waals surface area contributed by atoms with E-state index in [1.165, 1.54) is 47.5 Å². The average Bonchev–Trinajstić information content (AvgIpc) is 3.60. The van der Waals surface area contributed by atoms with Crippen LogP contribution in [-0.2, 0) is 0 Å². The lowest BCUT2D eigenvalue weighted by Crippen LogP contribution is -2.38. The second-order valence-corrected chi connectivity index (χ2v) is 8.09. The van der Waals surface area contributed by atoms with Gasteiger partial charge in [0.05, 0.1) is 23.1 Å². The number of nitrogens with zero attached hydrogens (tertiary/aromatic N) is 5. The first-order valence-electron chi connectivity index (χ1n) is 10.8. The molecule has 0 radical (unpaired) electrons. The van der Waals surface area contributed by atoms with Crippen molar-refractivity contribution in [2.75, 3.05) is 0 Å². The van der Waals surface area contributed by atoms with Gasteiger partial charge in [0.25, 0.3) is 11.9 Å². The van der Waals surface area contributed by atoms with E-state index in [0.717, 1.165) is 19.0 Å². The smallest absolute Gasteiger partial charge is 0.337 e. The molecule has 7 nitrogen and oxygen atoms in total. The first-order chi connectivity index (χ1) is 16.8. The highest BCUT2D eigenvalue weighted by molar-refractivity contribution is 5.96. The molecule has 5 rings (SSSR count). The maximum Gasteiger partial charge on any atom is 0.412 e. The highest BCUT2D eigenvalue weighted by Crippen LogP contribution is 2.42. The van der Waals surface area contributed by atoms with Crippen LogP contribution in [0.1, 0.15) is 46.4 Å². The second kappa shape index (κ2) is 8.90. The van der Waals surface area contributed by atoms with Gasteiger partial charge < -0.3 is 5.32 Å². The number of halogens is 4. The van der Waals surface area contributed by atoms with E-state index >= 15 is 0 Å². The van der Waals surface area contributed by atoms with E-state index in [2.05, 4.69) is 25.4 Å². The van der Waals surface area contributed by atoms with Crippen LogP contribution in [0.3, 0.4) is 0 Å². The fraction of sp³-hybridized carbons (Fsp3) is 0.208. The van der Waals surface area contributed by atoms with Gasteiger partial charge in [-0.15, -0.1) is 0 Å². The minimum atomic E-state index is -4.73. The number of amides is 1. The van der Waals surface area contributed by atoms with E-state index < -0.39 is 23.9 Å². The van der Waals surface area contributed by atoms with E-state index in [9.17, 15) is 22.4 Å². The molecule has 3 heterocycles. The zero-order valence-electron chi connectivity index (χ0n) is 18.1. The molecule has 1 N–H and O–H groups in total. The van der Waals surface area contributed by atoms with Gasteiger partial charge in [-0.1, -0.05) is 18.2 Å². The Hall–Kier alpha value is -4.15. The summed E-state index contributed by atoms with van der Waals surface area (Å²) in [5, 5.41) is 6.29. The average molecular weight is 482 g/mol. The highest BCUT2D eigenvalue weighted by atomic mass is 19.4. The molecule has 178 valence electrons. The van der Waals surface area contributed by atoms with Crippen LogP contribution in [0.25, 0.3) is 17.2 Å². The minimum Gasteiger partial charge on any atom is -0.337 e. The summed E-state index contributed by atoms with van der Waals surface area (Å²) in [6.45, 7) is 0.